The summed E-state index contributed by atoms with van der Waals surface area (Å²) in [5, 5.41) is 3.33. The van der Waals surface area contributed by atoms with Crippen LogP contribution in [0.2, 0.25) is 0 Å². The molecule has 0 fully saturated rings. The number of hydrogen-bond acceptors (Lipinski definition) is 4. The summed E-state index contributed by atoms with van der Waals surface area (Å²) in [6.07, 6.45) is 0.693. The SMILES string of the molecule is CCc1nc(SCC(=O)Nc2ccccc2C)[nH]c(=O)c1C. The Hall–Kier alpha value is -2.08. The van der Waals surface area contributed by atoms with Gasteiger partial charge in [0.2, 0.25) is 5.91 Å². The molecule has 0 radical (unpaired) electrons. The standard InChI is InChI=1S/C16H19N3O2S/c1-4-12-11(3)15(21)19-16(18-12)22-9-14(20)17-13-8-6-5-7-10(13)2/h5-8H,4,9H2,1-3H3,(H,17,20)(H,18,19,21). The molecule has 0 atom stereocenters. The van der Waals surface area contributed by atoms with Gasteiger partial charge >= 0.3 is 0 Å². The van der Waals surface area contributed by atoms with Crippen molar-refractivity contribution in [1.82, 2.24) is 9.97 Å². The number of benzene rings is 1. The van der Waals surface area contributed by atoms with Gasteiger partial charge in [-0.2, -0.15) is 0 Å². The van der Waals surface area contributed by atoms with Crippen molar-refractivity contribution in [3.05, 3.63) is 51.4 Å². The second-order valence-electron chi connectivity index (χ2n) is 4.95. The highest BCUT2D eigenvalue weighted by molar-refractivity contribution is 7.99. The van der Waals surface area contributed by atoms with Crippen LogP contribution in [0.3, 0.4) is 0 Å². The Morgan fingerprint density at radius 1 is 1.32 bits per heavy atom. The Kier molecular flexibility index (Phi) is 5.38. The van der Waals surface area contributed by atoms with Gasteiger partial charge in [-0.25, -0.2) is 4.98 Å². The number of thioether (sulfide) groups is 1. The van der Waals surface area contributed by atoms with Gasteiger partial charge in [0.15, 0.2) is 5.16 Å². The van der Waals surface area contributed by atoms with Crippen LogP contribution in [0.5, 0.6) is 0 Å². The molecule has 0 aliphatic carbocycles. The van der Waals surface area contributed by atoms with Crippen LogP contribution in [-0.2, 0) is 11.2 Å². The zero-order valence-corrected chi connectivity index (χ0v) is 13.7. The molecule has 0 aliphatic heterocycles. The molecular weight excluding hydrogens is 298 g/mol. The van der Waals surface area contributed by atoms with E-state index < -0.39 is 0 Å². The molecule has 0 aliphatic rings. The lowest BCUT2D eigenvalue weighted by atomic mass is 10.2. The Bertz CT molecular complexity index is 740. The van der Waals surface area contributed by atoms with Crippen molar-refractivity contribution in [2.75, 3.05) is 11.1 Å². The van der Waals surface area contributed by atoms with Crippen molar-refractivity contribution in [3.63, 3.8) is 0 Å². The summed E-state index contributed by atoms with van der Waals surface area (Å²) in [5.41, 5.74) is 3.07. The molecule has 0 saturated carbocycles. The largest absolute Gasteiger partial charge is 0.325 e. The van der Waals surface area contributed by atoms with Crippen molar-refractivity contribution in [2.45, 2.75) is 32.3 Å². The zero-order chi connectivity index (χ0) is 16.1. The van der Waals surface area contributed by atoms with E-state index in [1.165, 1.54) is 11.8 Å². The molecule has 116 valence electrons. The average molecular weight is 317 g/mol. The van der Waals surface area contributed by atoms with E-state index in [2.05, 4.69) is 15.3 Å². The smallest absolute Gasteiger partial charge is 0.254 e. The van der Waals surface area contributed by atoms with E-state index in [1.54, 1.807) is 6.92 Å². The molecule has 5 nitrogen and oxygen atoms in total. The van der Waals surface area contributed by atoms with Crippen LogP contribution in [0.15, 0.2) is 34.2 Å². The molecule has 6 heteroatoms. The van der Waals surface area contributed by atoms with Crippen molar-refractivity contribution in [3.8, 4) is 0 Å². The van der Waals surface area contributed by atoms with E-state index in [9.17, 15) is 9.59 Å². The number of carbonyl (C=O) groups is 1. The summed E-state index contributed by atoms with van der Waals surface area (Å²) in [5.74, 6) is 0.0734. The van der Waals surface area contributed by atoms with Gasteiger partial charge in [-0.3, -0.25) is 9.59 Å². The molecule has 2 aromatic rings. The predicted octanol–water partition coefficient (Wildman–Crippen LogP) is 2.68. The number of anilines is 1. The van der Waals surface area contributed by atoms with Gasteiger partial charge < -0.3 is 10.3 Å². The fourth-order valence-electron chi connectivity index (χ4n) is 2.00. The van der Waals surface area contributed by atoms with E-state index in [0.29, 0.717) is 17.1 Å². The minimum Gasteiger partial charge on any atom is -0.325 e. The second-order valence-corrected chi connectivity index (χ2v) is 5.91. The van der Waals surface area contributed by atoms with Crippen LogP contribution in [0.25, 0.3) is 0 Å². The Morgan fingerprint density at radius 3 is 2.73 bits per heavy atom. The third kappa shape index (κ3) is 3.98. The number of para-hydroxylation sites is 1. The topological polar surface area (TPSA) is 74.8 Å². The third-order valence-electron chi connectivity index (χ3n) is 3.32. The van der Waals surface area contributed by atoms with E-state index in [1.807, 2.05) is 38.1 Å². The van der Waals surface area contributed by atoms with E-state index >= 15 is 0 Å². The van der Waals surface area contributed by atoms with E-state index in [0.717, 1.165) is 16.9 Å². The van der Waals surface area contributed by atoms with Gasteiger partial charge in [-0.1, -0.05) is 36.9 Å². The summed E-state index contributed by atoms with van der Waals surface area (Å²) >= 11 is 1.23. The number of aromatic nitrogens is 2. The molecule has 0 unspecified atom stereocenters. The van der Waals surface area contributed by atoms with Crippen LogP contribution in [0.4, 0.5) is 5.69 Å². The molecule has 22 heavy (non-hydrogen) atoms. The Morgan fingerprint density at radius 2 is 2.05 bits per heavy atom. The number of amides is 1. The molecular formula is C16H19N3O2S. The first kappa shape index (κ1) is 16.3. The summed E-state index contributed by atoms with van der Waals surface area (Å²) < 4.78 is 0. The predicted molar refractivity (Wildman–Crippen MR) is 89.5 cm³/mol. The number of carbonyl (C=O) groups excluding carboxylic acids is 1. The quantitative estimate of drug-likeness (QED) is 0.657. The molecule has 1 aromatic heterocycles. The summed E-state index contributed by atoms with van der Waals surface area (Å²) in [6, 6.07) is 7.60. The molecule has 2 N–H and O–H groups in total. The molecule has 1 heterocycles. The maximum absolute atomic E-state index is 12.0. The van der Waals surface area contributed by atoms with Crippen LogP contribution < -0.4 is 10.9 Å². The third-order valence-corrected chi connectivity index (χ3v) is 4.20. The van der Waals surface area contributed by atoms with E-state index in [-0.39, 0.29) is 17.2 Å². The minimum atomic E-state index is -0.145. The lowest BCUT2D eigenvalue weighted by Gasteiger charge is -2.08. The maximum atomic E-state index is 12.0. The van der Waals surface area contributed by atoms with Gasteiger partial charge in [0.05, 0.1) is 11.4 Å². The molecule has 0 saturated heterocycles. The number of aromatic amines is 1. The lowest BCUT2D eigenvalue weighted by Crippen LogP contribution is -2.18. The Balaban J connectivity index is 2.01. The number of H-pyrrole nitrogens is 1. The molecule has 1 amide bonds. The highest BCUT2D eigenvalue weighted by Crippen LogP contribution is 2.16. The normalized spacial score (nSPS) is 10.5. The summed E-state index contributed by atoms with van der Waals surface area (Å²) in [4.78, 5) is 30.9. The van der Waals surface area contributed by atoms with Gasteiger partial charge in [0.1, 0.15) is 0 Å². The fraction of sp³-hybridized carbons (Fsp3) is 0.312. The van der Waals surface area contributed by atoms with Gasteiger partial charge in [0, 0.05) is 11.3 Å². The van der Waals surface area contributed by atoms with Gasteiger partial charge in [0.25, 0.3) is 5.56 Å². The van der Waals surface area contributed by atoms with Crippen LogP contribution >= 0.6 is 11.8 Å². The first-order valence-corrected chi connectivity index (χ1v) is 8.08. The van der Waals surface area contributed by atoms with Crippen molar-refractivity contribution in [1.29, 1.82) is 0 Å². The average Bonchev–Trinajstić information content (AvgIpc) is 2.50. The monoisotopic (exact) mass is 317 g/mol. The maximum Gasteiger partial charge on any atom is 0.254 e. The van der Waals surface area contributed by atoms with Gasteiger partial charge in [-0.05, 0) is 31.9 Å². The molecule has 1 aromatic carbocycles. The number of aryl methyl sites for hydroxylation is 2. The number of nitrogens with zero attached hydrogens (tertiary/aromatic N) is 1. The molecule has 0 spiro atoms. The lowest BCUT2D eigenvalue weighted by molar-refractivity contribution is -0.113. The highest BCUT2D eigenvalue weighted by Gasteiger charge is 2.09. The van der Waals surface area contributed by atoms with Crippen LogP contribution in [0, 0.1) is 13.8 Å². The van der Waals surface area contributed by atoms with Crippen molar-refractivity contribution < 1.29 is 4.79 Å². The Labute approximate surface area is 133 Å². The van der Waals surface area contributed by atoms with Crippen LogP contribution in [-0.4, -0.2) is 21.6 Å². The fourth-order valence-corrected chi connectivity index (χ4v) is 2.68. The highest BCUT2D eigenvalue weighted by atomic mass is 32.2. The van der Waals surface area contributed by atoms with E-state index in [4.69, 9.17) is 0 Å². The first-order chi connectivity index (χ1) is 10.5. The number of rotatable bonds is 5. The van der Waals surface area contributed by atoms with Gasteiger partial charge in [-0.15, -0.1) is 0 Å². The number of nitrogens with one attached hydrogen (secondary N) is 2. The summed E-state index contributed by atoms with van der Waals surface area (Å²) in [6.45, 7) is 5.65. The molecule has 2 rings (SSSR count). The zero-order valence-electron chi connectivity index (χ0n) is 12.9. The van der Waals surface area contributed by atoms with Crippen molar-refractivity contribution in [2.24, 2.45) is 0 Å². The first-order valence-electron chi connectivity index (χ1n) is 7.09. The second kappa shape index (κ2) is 7.26. The van der Waals surface area contributed by atoms with Crippen LogP contribution in [0.1, 0.15) is 23.7 Å². The van der Waals surface area contributed by atoms with Crippen molar-refractivity contribution >= 4 is 23.4 Å². The molecule has 0 bridgehead atoms. The number of hydrogen-bond donors (Lipinski definition) is 2. The minimum absolute atomic E-state index is 0.124. The summed E-state index contributed by atoms with van der Waals surface area (Å²) in [7, 11) is 0.